The molecule has 1 aliphatic rings. The molecule has 3 rings (SSSR count). The highest BCUT2D eigenvalue weighted by Crippen LogP contribution is 2.19. The summed E-state index contributed by atoms with van der Waals surface area (Å²) in [6.07, 6.45) is 3.91. The number of nitrogens with zero attached hydrogens (tertiary/aromatic N) is 3. The van der Waals surface area contributed by atoms with Crippen molar-refractivity contribution in [3.63, 3.8) is 0 Å². The summed E-state index contributed by atoms with van der Waals surface area (Å²) in [4.78, 5) is 6.50. The van der Waals surface area contributed by atoms with E-state index in [0.29, 0.717) is 5.69 Å². The van der Waals surface area contributed by atoms with Crippen molar-refractivity contribution in [3.8, 4) is 11.8 Å². The number of nitriles is 1. The van der Waals surface area contributed by atoms with Crippen molar-refractivity contribution in [1.82, 2.24) is 9.88 Å². The first kappa shape index (κ1) is 14.6. The van der Waals surface area contributed by atoms with Gasteiger partial charge in [0.2, 0.25) is 0 Å². The quantitative estimate of drug-likeness (QED) is 0.869. The lowest BCUT2D eigenvalue weighted by Gasteiger charge is -2.32. The minimum absolute atomic E-state index is 0.238. The van der Waals surface area contributed by atoms with Gasteiger partial charge in [-0.2, -0.15) is 5.26 Å². The van der Waals surface area contributed by atoms with Crippen LogP contribution in [0.25, 0.3) is 0 Å². The molecule has 0 aliphatic carbocycles. The van der Waals surface area contributed by atoms with Gasteiger partial charge in [-0.3, -0.25) is 4.90 Å². The normalized spacial score (nSPS) is 16.1. The first-order valence-electron chi connectivity index (χ1n) is 7.62. The second-order valence-electron chi connectivity index (χ2n) is 5.57. The van der Waals surface area contributed by atoms with E-state index in [2.05, 4.69) is 40.2 Å². The van der Waals surface area contributed by atoms with Crippen LogP contribution < -0.4 is 4.74 Å². The van der Waals surface area contributed by atoms with E-state index in [-0.39, 0.29) is 6.10 Å². The summed E-state index contributed by atoms with van der Waals surface area (Å²) >= 11 is 0. The molecule has 1 aliphatic heterocycles. The Balaban J connectivity index is 1.48. The van der Waals surface area contributed by atoms with E-state index in [1.54, 1.807) is 12.3 Å². The third-order valence-corrected chi connectivity index (χ3v) is 3.94. The summed E-state index contributed by atoms with van der Waals surface area (Å²) in [6, 6.07) is 16.1. The second-order valence-corrected chi connectivity index (χ2v) is 5.57. The molecule has 22 heavy (non-hydrogen) atoms. The van der Waals surface area contributed by atoms with Crippen molar-refractivity contribution >= 4 is 0 Å². The highest BCUT2D eigenvalue weighted by atomic mass is 16.5. The lowest BCUT2D eigenvalue weighted by atomic mass is 10.1. The van der Waals surface area contributed by atoms with Gasteiger partial charge in [0.1, 0.15) is 23.6 Å². The standard InChI is InChI=1S/C18H19N3O/c19-12-16-6-7-18(13-20-16)22-17-8-10-21(11-9-17)14-15-4-2-1-3-5-15/h1-7,13,17H,8-11,14H2. The summed E-state index contributed by atoms with van der Waals surface area (Å²) in [5.74, 6) is 0.750. The molecule has 1 aromatic carbocycles. The number of hydrogen-bond acceptors (Lipinski definition) is 4. The largest absolute Gasteiger partial charge is 0.489 e. The zero-order valence-electron chi connectivity index (χ0n) is 12.5. The Morgan fingerprint density at radius 2 is 1.91 bits per heavy atom. The first-order valence-corrected chi connectivity index (χ1v) is 7.62. The highest BCUT2D eigenvalue weighted by Gasteiger charge is 2.20. The number of hydrogen-bond donors (Lipinski definition) is 0. The molecule has 1 saturated heterocycles. The third-order valence-electron chi connectivity index (χ3n) is 3.94. The highest BCUT2D eigenvalue weighted by molar-refractivity contribution is 5.26. The maximum Gasteiger partial charge on any atom is 0.140 e. The molecule has 0 amide bonds. The molecule has 112 valence electrons. The summed E-state index contributed by atoms with van der Waals surface area (Å²) in [7, 11) is 0. The molecule has 0 unspecified atom stereocenters. The third kappa shape index (κ3) is 3.84. The van der Waals surface area contributed by atoms with Gasteiger partial charge in [-0.1, -0.05) is 30.3 Å². The minimum atomic E-state index is 0.238. The molecule has 0 N–H and O–H groups in total. The molecule has 1 aromatic heterocycles. The Hall–Kier alpha value is -2.38. The Labute approximate surface area is 131 Å². The number of ether oxygens (including phenoxy) is 1. The van der Waals surface area contributed by atoms with Crippen LogP contribution in [0, 0.1) is 11.3 Å². The molecular weight excluding hydrogens is 274 g/mol. The van der Waals surface area contributed by atoms with E-state index >= 15 is 0 Å². The van der Waals surface area contributed by atoms with Crippen molar-refractivity contribution in [1.29, 1.82) is 5.26 Å². The number of piperidine rings is 1. The van der Waals surface area contributed by atoms with Gasteiger partial charge in [0.15, 0.2) is 0 Å². The van der Waals surface area contributed by atoms with E-state index in [4.69, 9.17) is 10.00 Å². The van der Waals surface area contributed by atoms with Crippen molar-refractivity contribution in [2.45, 2.75) is 25.5 Å². The lowest BCUT2D eigenvalue weighted by molar-refractivity contribution is 0.0965. The van der Waals surface area contributed by atoms with Crippen LogP contribution in [-0.2, 0) is 6.54 Å². The molecule has 2 heterocycles. The number of benzene rings is 1. The fraction of sp³-hybridized carbons (Fsp3) is 0.333. The van der Waals surface area contributed by atoms with Crippen LogP contribution in [0.1, 0.15) is 24.1 Å². The van der Waals surface area contributed by atoms with Gasteiger partial charge in [0, 0.05) is 19.6 Å². The van der Waals surface area contributed by atoms with Crippen LogP contribution >= 0.6 is 0 Å². The molecule has 1 fully saturated rings. The second kappa shape index (κ2) is 7.06. The van der Waals surface area contributed by atoms with E-state index in [1.165, 1.54) is 5.56 Å². The Morgan fingerprint density at radius 1 is 1.14 bits per heavy atom. The molecular formula is C18H19N3O. The van der Waals surface area contributed by atoms with E-state index in [0.717, 1.165) is 38.2 Å². The first-order chi connectivity index (χ1) is 10.8. The zero-order chi connectivity index (χ0) is 15.2. The molecule has 2 aromatic rings. The maximum absolute atomic E-state index is 8.74. The zero-order valence-corrected chi connectivity index (χ0v) is 12.5. The molecule has 4 heteroatoms. The number of pyridine rings is 1. The summed E-state index contributed by atoms with van der Waals surface area (Å²) in [5, 5.41) is 8.74. The average molecular weight is 293 g/mol. The van der Waals surface area contributed by atoms with E-state index in [9.17, 15) is 0 Å². The van der Waals surface area contributed by atoms with Gasteiger partial charge in [-0.05, 0) is 30.5 Å². The van der Waals surface area contributed by atoms with Crippen molar-refractivity contribution < 1.29 is 4.74 Å². The van der Waals surface area contributed by atoms with Gasteiger partial charge in [-0.15, -0.1) is 0 Å². The van der Waals surface area contributed by atoms with Crippen molar-refractivity contribution in [2.75, 3.05) is 13.1 Å². The topological polar surface area (TPSA) is 49.1 Å². The Bertz CT molecular complexity index is 626. The van der Waals surface area contributed by atoms with Crippen molar-refractivity contribution in [3.05, 3.63) is 59.9 Å². The van der Waals surface area contributed by atoms with E-state index in [1.807, 2.05) is 12.1 Å². The minimum Gasteiger partial charge on any atom is -0.489 e. The predicted molar refractivity (Wildman–Crippen MR) is 84.3 cm³/mol. The van der Waals surface area contributed by atoms with Crippen LogP contribution in [0.15, 0.2) is 48.7 Å². The van der Waals surface area contributed by atoms with Gasteiger partial charge in [0.05, 0.1) is 6.20 Å². The smallest absolute Gasteiger partial charge is 0.140 e. The van der Waals surface area contributed by atoms with Crippen LogP contribution in [0.4, 0.5) is 0 Å². The number of rotatable bonds is 4. The summed E-state index contributed by atoms with van der Waals surface area (Å²) < 4.78 is 5.95. The predicted octanol–water partition coefficient (Wildman–Crippen LogP) is 3.00. The molecule has 4 nitrogen and oxygen atoms in total. The fourth-order valence-electron chi connectivity index (χ4n) is 2.74. The van der Waals surface area contributed by atoms with Gasteiger partial charge in [0.25, 0.3) is 0 Å². The van der Waals surface area contributed by atoms with Crippen LogP contribution in [0.2, 0.25) is 0 Å². The molecule has 0 radical (unpaired) electrons. The fourth-order valence-corrected chi connectivity index (χ4v) is 2.74. The average Bonchev–Trinajstić information content (AvgIpc) is 2.58. The van der Waals surface area contributed by atoms with Crippen LogP contribution in [0.5, 0.6) is 5.75 Å². The number of aromatic nitrogens is 1. The summed E-state index contributed by atoms with van der Waals surface area (Å²) in [5.41, 5.74) is 1.78. The summed E-state index contributed by atoms with van der Waals surface area (Å²) in [6.45, 7) is 3.10. The van der Waals surface area contributed by atoms with Gasteiger partial charge >= 0.3 is 0 Å². The molecule has 0 saturated carbocycles. The van der Waals surface area contributed by atoms with E-state index < -0.39 is 0 Å². The van der Waals surface area contributed by atoms with Crippen LogP contribution in [-0.4, -0.2) is 29.1 Å². The van der Waals surface area contributed by atoms with Gasteiger partial charge in [-0.25, -0.2) is 4.98 Å². The molecule has 0 spiro atoms. The van der Waals surface area contributed by atoms with Crippen molar-refractivity contribution in [2.24, 2.45) is 0 Å². The Kier molecular flexibility index (Phi) is 4.67. The number of likely N-dealkylation sites (tertiary alicyclic amines) is 1. The van der Waals surface area contributed by atoms with Gasteiger partial charge < -0.3 is 4.74 Å². The molecule has 0 atom stereocenters. The Morgan fingerprint density at radius 3 is 2.55 bits per heavy atom. The molecule has 0 bridgehead atoms. The van der Waals surface area contributed by atoms with Crippen LogP contribution in [0.3, 0.4) is 0 Å². The SMILES string of the molecule is N#Cc1ccc(OC2CCN(Cc3ccccc3)CC2)cn1. The lowest BCUT2D eigenvalue weighted by Crippen LogP contribution is -2.37. The monoisotopic (exact) mass is 293 g/mol. The maximum atomic E-state index is 8.74.